The van der Waals surface area contributed by atoms with Crippen LogP contribution >= 0.6 is 15.9 Å². The van der Waals surface area contributed by atoms with Crippen molar-refractivity contribution in [2.75, 3.05) is 0 Å². The van der Waals surface area contributed by atoms with Gasteiger partial charge in [-0.05, 0) is 35.7 Å². The predicted molar refractivity (Wildman–Crippen MR) is 46.6 cm³/mol. The molecule has 1 aromatic heterocycles. The molecule has 12 heavy (non-hydrogen) atoms. The van der Waals surface area contributed by atoms with Gasteiger partial charge >= 0.3 is 0 Å². The Balaban J connectivity index is 2.36. The van der Waals surface area contributed by atoms with Gasteiger partial charge in [0.05, 0.1) is 6.04 Å². The molecule has 2 rings (SSSR count). The van der Waals surface area contributed by atoms with Gasteiger partial charge in [0.2, 0.25) is 4.73 Å². The highest BCUT2D eigenvalue weighted by Gasteiger charge is 2.29. The van der Waals surface area contributed by atoms with E-state index < -0.39 is 6.10 Å². The maximum absolute atomic E-state index is 9.35. The van der Waals surface area contributed by atoms with Crippen molar-refractivity contribution in [3.63, 3.8) is 0 Å². The third-order valence-corrected chi connectivity index (χ3v) is 2.23. The highest BCUT2D eigenvalue weighted by Crippen LogP contribution is 2.36. The number of hydrogen-bond acceptors (Lipinski definition) is 3. The summed E-state index contributed by atoms with van der Waals surface area (Å²) in [5.41, 5.74) is 0. The van der Waals surface area contributed by atoms with Crippen LogP contribution in [-0.2, 0) is 0 Å². The number of halogens is 1. The fourth-order valence-electron chi connectivity index (χ4n) is 1.18. The minimum absolute atomic E-state index is 0.466. The third kappa shape index (κ3) is 1.38. The van der Waals surface area contributed by atoms with Crippen LogP contribution in [0.5, 0.6) is 0 Å². The first-order chi connectivity index (χ1) is 5.68. The highest BCUT2D eigenvalue weighted by molar-refractivity contribution is 9.10. The highest BCUT2D eigenvalue weighted by atomic mass is 79.9. The molecule has 1 saturated carbocycles. The van der Waals surface area contributed by atoms with Crippen LogP contribution in [0, 0.1) is 0 Å². The summed E-state index contributed by atoms with van der Waals surface area (Å²) in [5, 5.41) is 13.5. The molecular formula is C7H10BrN3O. The second-order valence-corrected chi connectivity index (χ2v) is 3.80. The lowest BCUT2D eigenvalue weighted by Crippen LogP contribution is -2.06. The number of nitrogens with zero attached hydrogens (tertiary/aromatic N) is 3. The number of hydrogen-bond donors (Lipinski definition) is 1. The Morgan fingerprint density at radius 2 is 2.33 bits per heavy atom. The standard InChI is InChI=1S/C7H10BrN3O/c1-4(12)6-9-7(8)10-11(6)5-2-3-5/h4-5,12H,2-3H2,1H3. The van der Waals surface area contributed by atoms with Gasteiger partial charge in [0.25, 0.3) is 0 Å². The molecule has 0 saturated heterocycles. The van der Waals surface area contributed by atoms with E-state index in [-0.39, 0.29) is 0 Å². The van der Waals surface area contributed by atoms with E-state index in [4.69, 9.17) is 0 Å². The molecule has 1 aliphatic carbocycles. The molecule has 1 N–H and O–H groups in total. The van der Waals surface area contributed by atoms with Gasteiger partial charge in [-0.2, -0.15) is 0 Å². The Bertz CT molecular complexity index is 273. The first kappa shape index (κ1) is 8.19. The van der Waals surface area contributed by atoms with Gasteiger partial charge in [-0.1, -0.05) is 0 Å². The van der Waals surface area contributed by atoms with Crippen LogP contribution in [0.15, 0.2) is 4.73 Å². The Labute approximate surface area is 78.7 Å². The third-order valence-electron chi connectivity index (χ3n) is 1.90. The zero-order chi connectivity index (χ0) is 8.72. The van der Waals surface area contributed by atoms with Crippen molar-refractivity contribution in [2.45, 2.75) is 31.9 Å². The molecule has 1 atom stereocenters. The maximum atomic E-state index is 9.35. The van der Waals surface area contributed by atoms with Crippen LogP contribution in [0.4, 0.5) is 0 Å². The monoisotopic (exact) mass is 231 g/mol. The lowest BCUT2D eigenvalue weighted by molar-refractivity contribution is 0.181. The first-order valence-electron chi connectivity index (χ1n) is 3.98. The largest absolute Gasteiger partial charge is 0.385 e. The van der Waals surface area contributed by atoms with Crippen LogP contribution in [0.2, 0.25) is 0 Å². The molecule has 1 unspecified atom stereocenters. The van der Waals surface area contributed by atoms with Gasteiger partial charge in [-0.25, -0.2) is 9.67 Å². The average Bonchev–Trinajstić information content (AvgIpc) is 2.75. The molecule has 0 aromatic carbocycles. The summed E-state index contributed by atoms with van der Waals surface area (Å²) < 4.78 is 2.37. The van der Waals surface area contributed by atoms with Gasteiger partial charge in [-0.3, -0.25) is 0 Å². The van der Waals surface area contributed by atoms with Crippen LogP contribution in [0.3, 0.4) is 0 Å². The molecule has 0 amide bonds. The zero-order valence-corrected chi connectivity index (χ0v) is 8.32. The van der Waals surface area contributed by atoms with Gasteiger partial charge in [-0.15, -0.1) is 5.10 Å². The summed E-state index contributed by atoms with van der Waals surface area (Å²) in [6.45, 7) is 1.70. The van der Waals surface area contributed by atoms with E-state index in [0.29, 0.717) is 16.6 Å². The van der Waals surface area contributed by atoms with E-state index >= 15 is 0 Å². The quantitative estimate of drug-likeness (QED) is 0.839. The minimum atomic E-state index is -0.538. The van der Waals surface area contributed by atoms with Crippen molar-refractivity contribution in [3.8, 4) is 0 Å². The van der Waals surface area contributed by atoms with E-state index in [9.17, 15) is 5.11 Å². The number of rotatable bonds is 2. The Kier molecular flexibility index (Phi) is 1.92. The lowest BCUT2D eigenvalue weighted by Gasteiger charge is -2.04. The molecule has 0 spiro atoms. The summed E-state index contributed by atoms with van der Waals surface area (Å²) >= 11 is 3.19. The molecule has 1 heterocycles. The van der Waals surface area contributed by atoms with Gasteiger partial charge in [0, 0.05) is 0 Å². The molecule has 1 aliphatic rings. The van der Waals surface area contributed by atoms with Crippen molar-refractivity contribution in [1.82, 2.24) is 14.8 Å². The topological polar surface area (TPSA) is 50.9 Å². The van der Waals surface area contributed by atoms with E-state index in [1.54, 1.807) is 6.92 Å². The fraction of sp³-hybridized carbons (Fsp3) is 0.714. The van der Waals surface area contributed by atoms with Crippen molar-refractivity contribution in [3.05, 3.63) is 10.6 Å². The van der Waals surface area contributed by atoms with E-state index in [0.717, 1.165) is 12.8 Å². The van der Waals surface area contributed by atoms with Crippen molar-refractivity contribution < 1.29 is 5.11 Å². The Morgan fingerprint density at radius 3 is 2.83 bits per heavy atom. The molecule has 5 heteroatoms. The van der Waals surface area contributed by atoms with E-state index in [1.807, 2.05) is 4.68 Å². The molecular weight excluding hydrogens is 222 g/mol. The summed E-state index contributed by atoms with van der Waals surface area (Å²) in [6, 6.07) is 0.466. The summed E-state index contributed by atoms with van der Waals surface area (Å²) in [7, 11) is 0. The van der Waals surface area contributed by atoms with E-state index in [2.05, 4.69) is 26.0 Å². The summed E-state index contributed by atoms with van der Waals surface area (Å²) in [5.74, 6) is 0.657. The van der Waals surface area contributed by atoms with Gasteiger partial charge < -0.3 is 5.11 Å². The van der Waals surface area contributed by atoms with Crippen molar-refractivity contribution in [2.24, 2.45) is 0 Å². The number of aliphatic hydroxyl groups excluding tert-OH is 1. The first-order valence-corrected chi connectivity index (χ1v) is 4.78. The molecule has 0 bridgehead atoms. The van der Waals surface area contributed by atoms with Crippen LogP contribution in [-0.4, -0.2) is 19.9 Å². The summed E-state index contributed by atoms with van der Waals surface area (Å²) in [4.78, 5) is 4.09. The van der Waals surface area contributed by atoms with Gasteiger partial charge in [0.15, 0.2) is 5.82 Å². The molecule has 1 fully saturated rings. The second kappa shape index (κ2) is 2.81. The molecule has 0 radical (unpaired) electrons. The SMILES string of the molecule is CC(O)c1nc(Br)nn1C1CC1. The average molecular weight is 232 g/mol. The normalized spacial score (nSPS) is 19.6. The van der Waals surface area contributed by atoms with Crippen molar-refractivity contribution >= 4 is 15.9 Å². The number of aliphatic hydroxyl groups is 1. The Hall–Kier alpha value is -0.420. The molecule has 66 valence electrons. The Morgan fingerprint density at radius 1 is 1.67 bits per heavy atom. The molecule has 4 nitrogen and oxygen atoms in total. The second-order valence-electron chi connectivity index (χ2n) is 3.09. The van der Waals surface area contributed by atoms with E-state index in [1.165, 1.54) is 0 Å². The van der Waals surface area contributed by atoms with Crippen LogP contribution in [0.1, 0.15) is 37.7 Å². The predicted octanol–water partition coefficient (Wildman–Crippen LogP) is 1.43. The molecule has 0 aliphatic heterocycles. The smallest absolute Gasteiger partial charge is 0.217 e. The minimum Gasteiger partial charge on any atom is -0.385 e. The van der Waals surface area contributed by atoms with Crippen molar-refractivity contribution in [1.29, 1.82) is 0 Å². The fourth-order valence-corrected chi connectivity index (χ4v) is 1.53. The lowest BCUT2D eigenvalue weighted by atomic mass is 10.4. The maximum Gasteiger partial charge on any atom is 0.217 e. The summed E-state index contributed by atoms with van der Waals surface area (Å²) in [6.07, 6.45) is 1.76. The van der Waals surface area contributed by atoms with Crippen LogP contribution < -0.4 is 0 Å². The van der Waals surface area contributed by atoms with Crippen LogP contribution in [0.25, 0.3) is 0 Å². The number of aromatic nitrogens is 3. The zero-order valence-electron chi connectivity index (χ0n) is 6.74. The van der Waals surface area contributed by atoms with Gasteiger partial charge in [0.1, 0.15) is 6.10 Å². The molecule has 1 aromatic rings.